The van der Waals surface area contributed by atoms with Crippen LogP contribution in [-0.4, -0.2) is 43.8 Å². The number of carbonyl (C=O) groups is 2. The summed E-state index contributed by atoms with van der Waals surface area (Å²) in [6.45, 7) is 10.7. The van der Waals surface area contributed by atoms with E-state index >= 15 is 0 Å². The van der Waals surface area contributed by atoms with Gasteiger partial charge in [0.15, 0.2) is 0 Å². The first-order valence-corrected chi connectivity index (χ1v) is 15.6. The van der Waals surface area contributed by atoms with Crippen molar-refractivity contribution in [3.05, 3.63) is 93.0 Å². The van der Waals surface area contributed by atoms with Crippen molar-refractivity contribution in [2.24, 2.45) is 0 Å². The van der Waals surface area contributed by atoms with Gasteiger partial charge in [-0.2, -0.15) is 0 Å². The number of rotatable bonds is 11. The third-order valence-corrected chi connectivity index (χ3v) is 9.35. The Labute approximate surface area is 253 Å². The number of nitrogens with one attached hydrogen (secondary N) is 1. The number of benzene rings is 3. The maximum atomic E-state index is 14.1. The lowest BCUT2D eigenvalue weighted by Gasteiger charge is -2.33. The number of carbonyl (C=O) groups excluding carboxylic acids is 2. The van der Waals surface area contributed by atoms with Gasteiger partial charge in [-0.25, -0.2) is 8.42 Å². The van der Waals surface area contributed by atoms with E-state index in [1.165, 1.54) is 17.0 Å². The Morgan fingerprint density at radius 3 is 2.10 bits per heavy atom. The number of aryl methyl sites for hydroxylation is 3. The molecule has 0 radical (unpaired) electrons. The van der Waals surface area contributed by atoms with Gasteiger partial charge in [0, 0.05) is 12.6 Å². The van der Waals surface area contributed by atoms with E-state index in [2.05, 4.69) is 5.32 Å². The number of sulfonamides is 1. The molecule has 0 bridgehead atoms. The standard InChI is InChI=1S/C31H37Cl2N3O4S/c1-7-29(31(38)34-20(2)3)35(18-24-11-15-27(32)28(33)17-24)30(37)19-36(25-12-10-22(5)23(6)16-25)41(39,40)26-13-8-21(4)9-14-26/h8-17,20,29H,7,18-19H2,1-6H3,(H,34,38)/t29-/m0/s1. The highest BCUT2D eigenvalue weighted by atomic mass is 35.5. The van der Waals surface area contributed by atoms with Crippen molar-refractivity contribution in [3.63, 3.8) is 0 Å². The molecule has 220 valence electrons. The van der Waals surface area contributed by atoms with Crippen LogP contribution in [0.25, 0.3) is 0 Å². The Morgan fingerprint density at radius 2 is 1.54 bits per heavy atom. The second-order valence-electron chi connectivity index (χ2n) is 10.5. The summed E-state index contributed by atoms with van der Waals surface area (Å²) >= 11 is 12.4. The van der Waals surface area contributed by atoms with Gasteiger partial charge in [0.25, 0.3) is 10.0 Å². The molecule has 7 nitrogen and oxygen atoms in total. The smallest absolute Gasteiger partial charge is 0.264 e. The zero-order valence-electron chi connectivity index (χ0n) is 24.2. The third kappa shape index (κ3) is 8.03. The highest BCUT2D eigenvalue weighted by Crippen LogP contribution is 2.28. The van der Waals surface area contributed by atoms with Crippen molar-refractivity contribution < 1.29 is 18.0 Å². The van der Waals surface area contributed by atoms with Crippen LogP contribution < -0.4 is 9.62 Å². The van der Waals surface area contributed by atoms with Gasteiger partial charge in [0.2, 0.25) is 11.8 Å². The topological polar surface area (TPSA) is 86.8 Å². The molecule has 0 spiro atoms. The van der Waals surface area contributed by atoms with E-state index in [1.807, 2.05) is 47.6 Å². The molecule has 1 atom stereocenters. The van der Waals surface area contributed by atoms with Crippen molar-refractivity contribution in [1.29, 1.82) is 0 Å². The summed E-state index contributed by atoms with van der Waals surface area (Å²) in [5.41, 5.74) is 3.80. The fraction of sp³-hybridized carbons (Fsp3) is 0.355. The van der Waals surface area contributed by atoms with Crippen LogP contribution in [0.2, 0.25) is 10.0 Å². The molecule has 0 fully saturated rings. The van der Waals surface area contributed by atoms with Gasteiger partial charge >= 0.3 is 0 Å². The van der Waals surface area contributed by atoms with E-state index in [0.717, 1.165) is 21.0 Å². The van der Waals surface area contributed by atoms with E-state index in [1.54, 1.807) is 42.5 Å². The molecule has 1 N–H and O–H groups in total. The molecule has 0 saturated heterocycles. The quantitative estimate of drug-likeness (QED) is 0.268. The van der Waals surface area contributed by atoms with Crippen LogP contribution in [-0.2, 0) is 26.2 Å². The van der Waals surface area contributed by atoms with E-state index in [4.69, 9.17) is 23.2 Å². The SMILES string of the molecule is CC[C@@H](C(=O)NC(C)C)N(Cc1ccc(Cl)c(Cl)c1)C(=O)CN(c1ccc(C)c(C)c1)S(=O)(=O)c1ccc(C)cc1. The van der Waals surface area contributed by atoms with Crippen molar-refractivity contribution in [3.8, 4) is 0 Å². The summed E-state index contributed by atoms with van der Waals surface area (Å²) in [6.07, 6.45) is 0.319. The molecular weight excluding hydrogens is 581 g/mol. The maximum absolute atomic E-state index is 14.1. The number of hydrogen-bond donors (Lipinski definition) is 1. The second kappa shape index (κ2) is 13.7. The van der Waals surface area contributed by atoms with Crippen LogP contribution in [0.1, 0.15) is 49.4 Å². The number of halogens is 2. The molecule has 3 rings (SSSR count). The Bertz CT molecular complexity index is 1510. The molecule has 10 heteroatoms. The predicted octanol–water partition coefficient (Wildman–Crippen LogP) is 6.45. The summed E-state index contributed by atoms with van der Waals surface area (Å²) in [4.78, 5) is 28.9. The zero-order valence-corrected chi connectivity index (χ0v) is 26.6. The molecule has 0 aliphatic carbocycles. The minimum Gasteiger partial charge on any atom is -0.352 e. The third-order valence-electron chi connectivity index (χ3n) is 6.82. The summed E-state index contributed by atoms with van der Waals surface area (Å²) in [6, 6.07) is 15.8. The van der Waals surface area contributed by atoms with Gasteiger partial charge in [-0.1, -0.05) is 60.0 Å². The summed E-state index contributed by atoms with van der Waals surface area (Å²) in [7, 11) is -4.14. The van der Waals surface area contributed by atoms with Gasteiger partial charge in [-0.05, 0) is 94.1 Å². The van der Waals surface area contributed by atoms with Crippen LogP contribution >= 0.6 is 23.2 Å². The molecule has 3 aromatic carbocycles. The van der Waals surface area contributed by atoms with Gasteiger partial charge in [0.1, 0.15) is 12.6 Å². The zero-order chi connectivity index (χ0) is 30.5. The monoisotopic (exact) mass is 617 g/mol. The Hall–Kier alpha value is -3.07. The van der Waals surface area contributed by atoms with Gasteiger partial charge in [-0.15, -0.1) is 0 Å². The molecule has 2 amide bonds. The van der Waals surface area contributed by atoms with Crippen molar-refractivity contribution in [2.45, 2.75) is 71.5 Å². The van der Waals surface area contributed by atoms with E-state index in [-0.39, 0.29) is 23.4 Å². The van der Waals surface area contributed by atoms with Gasteiger partial charge in [0.05, 0.1) is 20.6 Å². The first-order valence-electron chi connectivity index (χ1n) is 13.4. The van der Waals surface area contributed by atoms with E-state index < -0.39 is 28.5 Å². The lowest BCUT2D eigenvalue weighted by atomic mass is 10.1. The first kappa shape index (κ1) is 32.4. The fourth-order valence-corrected chi connectivity index (χ4v) is 6.11. The maximum Gasteiger partial charge on any atom is 0.264 e. The Balaban J connectivity index is 2.10. The normalized spacial score (nSPS) is 12.2. The number of amides is 2. The molecular formula is C31H37Cl2N3O4S. The van der Waals surface area contributed by atoms with Crippen molar-refractivity contribution in [2.75, 3.05) is 10.8 Å². The summed E-state index contributed by atoms with van der Waals surface area (Å²) in [5, 5.41) is 3.56. The highest BCUT2D eigenvalue weighted by Gasteiger charge is 2.34. The Morgan fingerprint density at radius 1 is 0.878 bits per heavy atom. The van der Waals surface area contributed by atoms with Gasteiger partial charge < -0.3 is 10.2 Å². The summed E-state index contributed by atoms with van der Waals surface area (Å²) < 4.78 is 29.1. The summed E-state index contributed by atoms with van der Waals surface area (Å²) in [5.74, 6) is -0.856. The Kier molecular flexibility index (Phi) is 10.9. The molecule has 0 aliphatic rings. The lowest BCUT2D eigenvalue weighted by Crippen LogP contribution is -2.53. The first-order chi connectivity index (χ1) is 19.2. The van der Waals surface area contributed by atoms with E-state index in [9.17, 15) is 18.0 Å². The van der Waals surface area contributed by atoms with Crippen LogP contribution in [0.15, 0.2) is 65.6 Å². The predicted molar refractivity (Wildman–Crippen MR) is 166 cm³/mol. The van der Waals surface area contributed by atoms with Crippen LogP contribution in [0.3, 0.4) is 0 Å². The average Bonchev–Trinajstić information content (AvgIpc) is 2.90. The molecule has 41 heavy (non-hydrogen) atoms. The minimum absolute atomic E-state index is 0.0328. The molecule has 0 aliphatic heterocycles. The number of anilines is 1. The minimum atomic E-state index is -4.14. The number of nitrogens with zero attached hydrogens (tertiary/aromatic N) is 2. The average molecular weight is 619 g/mol. The van der Waals surface area contributed by atoms with Crippen LogP contribution in [0.5, 0.6) is 0 Å². The van der Waals surface area contributed by atoms with Gasteiger partial charge in [-0.3, -0.25) is 13.9 Å². The van der Waals surface area contributed by atoms with Crippen LogP contribution in [0, 0.1) is 20.8 Å². The second-order valence-corrected chi connectivity index (χ2v) is 13.1. The van der Waals surface area contributed by atoms with E-state index in [0.29, 0.717) is 27.7 Å². The molecule has 3 aromatic rings. The van der Waals surface area contributed by atoms with Crippen LogP contribution in [0.4, 0.5) is 5.69 Å². The molecule has 0 heterocycles. The highest BCUT2D eigenvalue weighted by molar-refractivity contribution is 7.92. The largest absolute Gasteiger partial charge is 0.352 e. The molecule has 0 saturated carbocycles. The molecule has 0 unspecified atom stereocenters. The fourth-order valence-electron chi connectivity index (χ4n) is 4.38. The van der Waals surface area contributed by atoms with Crippen molar-refractivity contribution >= 4 is 50.7 Å². The lowest BCUT2D eigenvalue weighted by molar-refractivity contribution is -0.140. The number of hydrogen-bond acceptors (Lipinski definition) is 4. The van der Waals surface area contributed by atoms with Crippen molar-refractivity contribution in [1.82, 2.24) is 10.2 Å². The molecule has 0 aromatic heterocycles.